The van der Waals surface area contributed by atoms with Gasteiger partial charge in [0, 0.05) is 24.3 Å². The van der Waals surface area contributed by atoms with Crippen LogP contribution >= 0.6 is 0 Å². The number of hydrogen-bond donors (Lipinski definition) is 2. The van der Waals surface area contributed by atoms with E-state index in [0.29, 0.717) is 23.4 Å². The zero-order valence-electron chi connectivity index (χ0n) is 13.4. The fourth-order valence-corrected chi connectivity index (χ4v) is 2.48. The van der Waals surface area contributed by atoms with Crippen molar-refractivity contribution in [3.63, 3.8) is 0 Å². The summed E-state index contributed by atoms with van der Waals surface area (Å²) in [4.78, 5) is 11.7. The Bertz CT molecular complexity index is 417. The highest BCUT2D eigenvalue weighted by Crippen LogP contribution is 2.19. The molecule has 0 aromatic heterocycles. The summed E-state index contributed by atoms with van der Waals surface area (Å²) < 4.78 is 0. The summed E-state index contributed by atoms with van der Waals surface area (Å²) in [6.07, 6.45) is 2.28. The van der Waals surface area contributed by atoms with E-state index in [2.05, 4.69) is 38.3 Å². The van der Waals surface area contributed by atoms with Crippen LogP contribution in [0, 0.1) is 11.8 Å². The van der Waals surface area contributed by atoms with Gasteiger partial charge in [0.1, 0.15) is 0 Å². The number of carbonyl (C=O) groups excluding carboxylic acids is 1. The molecule has 2 N–H and O–H groups in total. The zero-order valence-corrected chi connectivity index (χ0v) is 13.4. The first-order valence-corrected chi connectivity index (χ1v) is 7.51. The number of benzene rings is 1. The summed E-state index contributed by atoms with van der Waals surface area (Å²) in [6.45, 7) is 8.98. The van der Waals surface area contributed by atoms with Crippen molar-refractivity contribution >= 4 is 11.6 Å². The highest BCUT2D eigenvalue weighted by Gasteiger charge is 2.13. The summed E-state index contributed by atoms with van der Waals surface area (Å²) >= 11 is 0. The van der Waals surface area contributed by atoms with Crippen LogP contribution in [-0.2, 0) is 0 Å². The highest BCUT2D eigenvalue weighted by molar-refractivity contribution is 5.94. The van der Waals surface area contributed by atoms with Gasteiger partial charge in [-0.1, -0.05) is 33.8 Å². The predicted octanol–water partition coefficient (Wildman–Crippen LogP) is 3.92. The van der Waals surface area contributed by atoms with Crippen molar-refractivity contribution in [1.29, 1.82) is 0 Å². The maximum absolute atomic E-state index is 11.7. The number of rotatable bonds is 7. The van der Waals surface area contributed by atoms with Crippen molar-refractivity contribution in [2.24, 2.45) is 11.8 Å². The molecule has 0 aliphatic rings. The van der Waals surface area contributed by atoms with Gasteiger partial charge in [0.2, 0.25) is 0 Å². The molecule has 0 fully saturated rings. The molecule has 0 unspecified atom stereocenters. The van der Waals surface area contributed by atoms with Gasteiger partial charge < -0.3 is 10.6 Å². The fraction of sp³-hybridized carbons (Fsp3) is 0.588. The van der Waals surface area contributed by atoms with Crippen molar-refractivity contribution in [3.05, 3.63) is 29.8 Å². The Kier molecular flexibility index (Phi) is 6.56. The molecule has 0 saturated carbocycles. The van der Waals surface area contributed by atoms with Crippen molar-refractivity contribution in [3.8, 4) is 0 Å². The molecule has 20 heavy (non-hydrogen) atoms. The van der Waals surface area contributed by atoms with Gasteiger partial charge in [0.05, 0.1) is 0 Å². The van der Waals surface area contributed by atoms with Crippen LogP contribution in [0.15, 0.2) is 24.3 Å². The average Bonchev–Trinajstić information content (AvgIpc) is 2.36. The van der Waals surface area contributed by atoms with Crippen molar-refractivity contribution in [2.75, 3.05) is 12.4 Å². The largest absolute Gasteiger partial charge is 0.382 e. The van der Waals surface area contributed by atoms with Crippen LogP contribution in [-0.4, -0.2) is 19.0 Å². The Labute approximate surface area is 123 Å². The molecule has 0 aliphatic carbocycles. The third-order valence-corrected chi connectivity index (χ3v) is 3.23. The minimum absolute atomic E-state index is 0.0436. The Morgan fingerprint density at radius 2 is 1.70 bits per heavy atom. The molecule has 1 rings (SSSR count). The van der Waals surface area contributed by atoms with E-state index < -0.39 is 0 Å². The fourth-order valence-electron chi connectivity index (χ4n) is 2.48. The first kappa shape index (κ1) is 16.5. The Morgan fingerprint density at radius 1 is 1.10 bits per heavy atom. The lowest BCUT2D eigenvalue weighted by atomic mass is 9.95. The third-order valence-electron chi connectivity index (χ3n) is 3.23. The number of nitrogens with one attached hydrogen (secondary N) is 2. The van der Waals surface area contributed by atoms with Gasteiger partial charge in [-0.3, -0.25) is 4.79 Å². The van der Waals surface area contributed by atoms with Gasteiger partial charge in [-0.05, 0) is 42.9 Å². The van der Waals surface area contributed by atoms with Crippen LogP contribution in [0.1, 0.15) is 50.9 Å². The maximum Gasteiger partial charge on any atom is 0.251 e. The Morgan fingerprint density at radius 3 is 2.20 bits per heavy atom. The third kappa shape index (κ3) is 5.64. The number of hydrogen-bond acceptors (Lipinski definition) is 2. The smallest absolute Gasteiger partial charge is 0.251 e. The molecule has 0 atom stereocenters. The van der Waals surface area contributed by atoms with Gasteiger partial charge >= 0.3 is 0 Å². The zero-order chi connectivity index (χ0) is 15.1. The van der Waals surface area contributed by atoms with Crippen LogP contribution in [0.3, 0.4) is 0 Å². The normalized spacial score (nSPS) is 11.2. The van der Waals surface area contributed by atoms with E-state index in [9.17, 15) is 4.79 Å². The quantitative estimate of drug-likeness (QED) is 0.792. The molecule has 1 aromatic rings. The van der Waals surface area contributed by atoms with E-state index in [1.807, 2.05) is 24.3 Å². The molecule has 3 heteroatoms. The molecular formula is C17H28N2O. The van der Waals surface area contributed by atoms with Gasteiger partial charge in [0.15, 0.2) is 0 Å². The van der Waals surface area contributed by atoms with Crippen LogP contribution in [0.25, 0.3) is 0 Å². The van der Waals surface area contributed by atoms with Crippen LogP contribution in [0.4, 0.5) is 5.69 Å². The first-order valence-electron chi connectivity index (χ1n) is 7.51. The van der Waals surface area contributed by atoms with Gasteiger partial charge in [0.25, 0.3) is 5.91 Å². The molecular weight excluding hydrogens is 248 g/mol. The van der Waals surface area contributed by atoms with Crippen molar-refractivity contribution in [2.45, 2.75) is 46.6 Å². The van der Waals surface area contributed by atoms with E-state index in [1.165, 1.54) is 0 Å². The predicted molar refractivity (Wildman–Crippen MR) is 86.2 cm³/mol. The van der Waals surface area contributed by atoms with E-state index in [1.54, 1.807) is 7.05 Å². The summed E-state index contributed by atoms with van der Waals surface area (Å²) in [5.74, 6) is 1.28. The van der Waals surface area contributed by atoms with Gasteiger partial charge in [-0.2, -0.15) is 0 Å². The lowest BCUT2D eigenvalue weighted by molar-refractivity contribution is 0.0963. The standard InChI is InChI=1S/C17H28N2O/c1-12(2)9-16(10-13(3)4)19-15-8-6-7-14(11-15)17(20)18-5/h6-8,11-13,16,19H,9-10H2,1-5H3,(H,18,20). The molecule has 0 heterocycles. The van der Waals surface area contributed by atoms with Gasteiger partial charge in [-0.25, -0.2) is 0 Å². The van der Waals surface area contributed by atoms with Crippen LogP contribution < -0.4 is 10.6 Å². The maximum atomic E-state index is 11.7. The van der Waals surface area contributed by atoms with E-state index >= 15 is 0 Å². The summed E-state index contributed by atoms with van der Waals surface area (Å²) in [7, 11) is 1.66. The first-order chi connectivity index (χ1) is 9.42. The number of amides is 1. The van der Waals surface area contributed by atoms with Gasteiger partial charge in [-0.15, -0.1) is 0 Å². The molecule has 3 nitrogen and oxygen atoms in total. The molecule has 112 valence electrons. The second kappa shape index (κ2) is 7.93. The van der Waals surface area contributed by atoms with E-state index in [0.717, 1.165) is 18.5 Å². The minimum atomic E-state index is -0.0436. The molecule has 0 bridgehead atoms. The highest BCUT2D eigenvalue weighted by atomic mass is 16.1. The second-order valence-corrected chi connectivity index (χ2v) is 6.26. The Hall–Kier alpha value is -1.51. The molecule has 1 amide bonds. The lowest BCUT2D eigenvalue weighted by Crippen LogP contribution is -2.24. The second-order valence-electron chi connectivity index (χ2n) is 6.26. The topological polar surface area (TPSA) is 41.1 Å². The van der Waals surface area contributed by atoms with E-state index in [-0.39, 0.29) is 5.91 Å². The van der Waals surface area contributed by atoms with Crippen molar-refractivity contribution < 1.29 is 4.79 Å². The van der Waals surface area contributed by atoms with Crippen molar-refractivity contribution in [1.82, 2.24) is 5.32 Å². The van der Waals surface area contributed by atoms with E-state index in [4.69, 9.17) is 0 Å². The van der Waals surface area contributed by atoms with Crippen LogP contribution in [0.5, 0.6) is 0 Å². The average molecular weight is 276 g/mol. The molecule has 0 aliphatic heterocycles. The Balaban J connectivity index is 2.79. The van der Waals surface area contributed by atoms with Crippen LogP contribution in [0.2, 0.25) is 0 Å². The molecule has 0 spiro atoms. The summed E-state index contributed by atoms with van der Waals surface area (Å²) in [5, 5.41) is 6.24. The molecule has 1 aromatic carbocycles. The SMILES string of the molecule is CNC(=O)c1cccc(NC(CC(C)C)CC(C)C)c1. The number of carbonyl (C=O) groups is 1. The molecule has 0 saturated heterocycles. The summed E-state index contributed by atoms with van der Waals surface area (Å²) in [6, 6.07) is 8.17. The lowest BCUT2D eigenvalue weighted by Gasteiger charge is -2.23. The molecule has 0 radical (unpaired) electrons. The number of anilines is 1. The summed E-state index contributed by atoms with van der Waals surface area (Å²) in [5.41, 5.74) is 1.72. The monoisotopic (exact) mass is 276 g/mol. The minimum Gasteiger partial charge on any atom is -0.382 e.